The Morgan fingerprint density at radius 1 is 1.12 bits per heavy atom. The number of oxazole rings is 1. The smallest absolute Gasteiger partial charge is 0.359 e. The number of carbonyl (C=O) groups excluding carboxylic acids is 2. The van der Waals surface area contributed by atoms with Crippen molar-refractivity contribution in [2.45, 2.75) is 45.3 Å². The van der Waals surface area contributed by atoms with E-state index in [0.717, 1.165) is 24.2 Å². The molecule has 0 unspecified atom stereocenters. The van der Waals surface area contributed by atoms with Gasteiger partial charge in [0.2, 0.25) is 5.89 Å². The number of fused-ring (bicyclic) bond motifs is 1. The number of carbonyl (C=O) groups is 2. The molecule has 178 valence electrons. The standard InChI is InChI=1S/C25H28N4O5/c1-25(2,3)34-23(30)21-7-9-29(27-21)24(31)28-14-17-12-20(13-18(17)15-28)33-19-6-4-5-16(11-19)22-26-8-10-32-22/h4-11,17-18,20H,12-15H2,1-3H3/t17-,18+,20+. The molecule has 1 saturated carbocycles. The highest BCUT2D eigenvalue weighted by molar-refractivity contribution is 5.88. The van der Waals surface area contributed by atoms with Crippen LogP contribution >= 0.6 is 0 Å². The van der Waals surface area contributed by atoms with Gasteiger partial charge in [-0.25, -0.2) is 14.6 Å². The number of aromatic nitrogens is 3. The molecule has 34 heavy (non-hydrogen) atoms. The van der Waals surface area contributed by atoms with Gasteiger partial charge in [-0.15, -0.1) is 0 Å². The van der Waals surface area contributed by atoms with E-state index in [0.29, 0.717) is 30.8 Å². The molecule has 1 amide bonds. The molecule has 9 nitrogen and oxygen atoms in total. The molecule has 2 aromatic heterocycles. The highest BCUT2D eigenvalue weighted by Gasteiger charge is 2.43. The first-order chi connectivity index (χ1) is 16.2. The minimum Gasteiger partial charge on any atom is -0.490 e. The van der Waals surface area contributed by atoms with Gasteiger partial charge in [0.1, 0.15) is 17.6 Å². The second-order valence-corrected chi connectivity index (χ2v) is 9.93. The molecule has 3 heterocycles. The van der Waals surface area contributed by atoms with E-state index in [9.17, 15) is 9.59 Å². The van der Waals surface area contributed by atoms with Crippen LogP contribution in [-0.4, -0.2) is 56.5 Å². The number of hydrogen-bond donors (Lipinski definition) is 0. The number of esters is 1. The first kappa shape index (κ1) is 22.2. The van der Waals surface area contributed by atoms with E-state index in [1.165, 1.54) is 16.9 Å². The van der Waals surface area contributed by atoms with Crippen molar-refractivity contribution in [2.75, 3.05) is 13.1 Å². The maximum atomic E-state index is 13.0. The number of hydrogen-bond acceptors (Lipinski definition) is 7. The number of benzene rings is 1. The lowest BCUT2D eigenvalue weighted by atomic mass is 10.0. The third-order valence-corrected chi connectivity index (χ3v) is 6.19. The summed E-state index contributed by atoms with van der Waals surface area (Å²) in [6.07, 6.45) is 6.57. The molecule has 1 aliphatic carbocycles. The fraction of sp³-hybridized carbons (Fsp3) is 0.440. The molecule has 0 bridgehead atoms. The van der Waals surface area contributed by atoms with Gasteiger partial charge in [-0.05, 0) is 69.7 Å². The van der Waals surface area contributed by atoms with Crippen LogP contribution in [-0.2, 0) is 4.74 Å². The number of ether oxygens (including phenoxy) is 2. The summed E-state index contributed by atoms with van der Waals surface area (Å²) in [4.78, 5) is 31.2. The summed E-state index contributed by atoms with van der Waals surface area (Å²) in [5.41, 5.74) is 0.387. The van der Waals surface area contributed by atoms with Crippen LogP contribution in [0.1, 0.15) is 44.1 Å². The van der Waals surface area contributed by atoms with Gasteiger partial charge < -0.3 is 18.8 Å². The quantitative estimate of drug-likeness (QED) is 0.532. The second-order valence-electron chi connectivity index (χ2n) is 9.93. The van der Waals surface area contributed by atoms with Crippen molar-refractivity contribution in [1.29, 1.82) is 0 Å². The summed E-state index contributed by atoms with van der Waals surface area (Å²) < 4.78 is 18.2. The van der Waals surface area contributed by atoms with Crippen molar-refractivity contribution in [1.82, 2.24) is 19.7 Å². The average Bonchev–Trinajstić information content (AvgIpc) is 3.56. The lowest BCUT2D eigenvalue weighted by Crippen LogP contribution is -2.35. The molecule has 0 N–H and O–H groups in total. The zero-order valence-electron chi connectivity index (χ0n) is 19.5. The van der Waals surface area contributed by atoms with E-state index in [1.54, 1.807) is 38.1 Å². The molecular weight excluding hydrogens is 436 g/mol. The molecule has 3 aromatic rings. The Kier molecular flexibility index (Phi) is 5.63. The fourth-order valence-corrected chi connectivity index (χ4v) is 4.77. The van der Waals surface area contributed by atoms with Crippen LogP contribution in [0.25, 0.3) is 11.5 Å². The molecule has 9 heteroatoms. The zero-order chi connectivity index (χ0) is 23.9. The molecule has 1 saturated heterocycles. The van der Waals surface area contributed by atoms with Crippen LogP contribution in [0.3, 0.4) is 0 Å². The van der Waals surface area contributed by atoms with Gasteiger partial charge >= 0.3 is 12.0 Å². The van der Waals surface area contributed by atoms with Crippen LogP contribution in [0, 0.1) is 11.8 Å². The van der Waals surface area contributed by atoms with Crippen LogP contribution in [0.4, 0.5) is 4.79 Å². The van der Waals surface area contributed by atoms with Crippen LogP contribution in [0.5, 0.6) is 5.75 Å². The summed E-state index contributed by atoms with van der Waals surface area (Å²) in [5, 5.41) is 4.15. The van der Waals surface area contributed by atoms with Gasteiger partial charge in [0.25, 0.3) is 0 Å². The molecule has 1 aromatic carbocycles. The predicted octanol–water partition coefficient (Wildman–Crippen LogP) is 4.25. The van der Waals surface area contributed by atoms with Crippen molar-refractivity contribution in [3.8, 4) is 17.2 Å². The summed E-state index contributed by atoms with van der Waals surface area (Å²) in [5.74, 6) is 1.58. The first-order valence-electron chi connectivity index (χ1n) is 11.5. The molecule has 5 rings (SSSR count). The summed E-state index contributed by atoms with van der Waals surface area (Å²) in [6.45, 7) is 6.68. The van der Waals surface area contributed by atoms with Crippen molar-refractivity contribution in [2.24, 2.45) is 11.8 Å². The largest absolute Gasteiger partial charge is 0.490 e. The summed E-state index contributed by atoms with van der Waals surface area (Å²) in [7, 11) is 0. The van der Waals surface area contributed by atoms with Crippen molar-refractivity contribution < 1.29 is 23.5 Å². The summed E-state index contributed by atoms with van der Waals surface area (Å²) >= 11 is 0. The van der Waals surface area contributed by atoms with E-state index < -0.39 is 11.6 Å². The highest BCUT2D eigenvalue weighted by atomic mass is 16.6. The Morgan fingerprint density at radius 3 is 2.56 bits per heavy atom. The molecule has 1 aliphatic heterocycles. The van der Waals surface area contributed by atoms with Crippen LogP contribution < -0.4 is 4.74 Å². The Morgan fingerprint density at radius 2 is 1.88 bits per heavy atom. The molecule has 0 radical (unpaired) electrons. The third kappa shape index (κ3) is 4.69. The SMILES string of the molecule is CC(C)(C)OC(=O)c1ccn(C(=O)N2C[C@H]3C[C@H](Oc4cccc(-c5ncco5)c4)C[C@H]3C2)n1. The lowest BCUT2D eigenvalue weighted by Gasteiger charge is -2.20. The maximum absolute atomic E-state index is 13.0. The second kappa shape index (κ2) is 8.62. The average molecular weight is 465 g/mol. The van der Waals surface area contributed by atoms with Crippen molar-refractivity contribution in [3.05, 3.63) is 54.7 Å². The maximum Gasteiger partial charge on any atom is 0.359 e. The normalized spacial score (nSPS) is 22.0. The highest BCUT2D eigenvalue weighted by Crippen LogP contribution is 2.40. The van der Waals surface area contributed by atoms with E-state index in [-0.39, 0.29) is 17.8 Å². The van der Waals surface area contributed by atoms with Gasteiger partial charge in [0.05, 0.1) is 12.3 Å². The first-order valence-corrected chi connectivity index (χ1v) is 11.5. The number of rotatable bonds is 4. The van der Waals surface area contributed by atoms with Gasteiger partial charge in [-0.3, -0.25) is 0 Å². The molecule has 0 spiro atoms. The monoisotopic (exact) mass is 464 g/mol. The van der Waals surface area contributed by atoms with Gasteiger partial charge in [-0.2, -0.15) is 9.78 Å². The molecule has 2 fully saturated rings. The lowest BCUT2D eigenvalue weighted by molar-refractivity contribution is 0.00623. The number of amides is 1. The van der Waals surface area contributed by atoms with Crippen molar-refractivity contribution >= 4 is 12.0 Å². The topological polar surface area (TPSA) is 99.7 Å². The van der Waals surface area contributed by atoms with Gasteiger partial charge in [-0.1, -0.05) is 6.07 Å². The van der Waals surface area contributed by atoms with E-state index in [1.807, 2.05) is 24.3 Å². The molecule has 2 aliphatic rings. The van der Waals surface area contributed by atoms with Gasteiger partial charge in [0.15, 0.2) is 5.69 Å². The summed E-state index contributed by atoms with van der Waals surface area (Å²) in [6, 6.07) is 9.04. The Balaban J connectivity index is 1.16. The molecular formula is C25H28N4O5. The number of likely N-dealkylation sites (tertiary alicyclic amines) is 1. The Labute approximate surface area is 197 Å². The van der Waals surface area contributed by atoms with Crippen LogP contribution in [0.2, 0.25) is 0 Å². The number of nitrogens with zero attached hydrogens (tertiary/aromatic N) is 4. The third-order valence-electron chi connectivity index (χ3n) is 6.19. The fourth-order valence-electron chi connectivity index (χ4n) is 4.77. The molecule has 3 atom stereocenters. The van der Waals surface area contributed by atoms with E-state index >= 15 is 0 Å². The Bertz CT molecular complexity index is 1170. The van der Waals surface area contributed by atoms with E-state index in [2.05, 4.69) is 10.1 Å². The van der Waals surface area contributed by atoms with E-state index in [4.69, 9.17) is 13.9 Å². The minimum absolute atomic E-state index is 0.107. The van der Waals surface area contributed by atoms with Crippen LogP contribution in [0.15, 0.2) is 53.4 Å². The minimum atomic E-state index is -0.618. The Hall–Kier alpha value is -3.62. The van der Waals surface area contributed by atoms with Crippen molar-refractivity contribution in [3.63, 3.8) is 0 Å². The van der Waals surface area contributed by atoms with Gasteiger partial charge in [0, 0.05) is 24.8 Å². The predicted molar refractivity (Wildman–Crippen MR) is 122 cm³/mol. The zero-order valence-corrected chi connectivity index (χ0v) is 19.5.